The highest BCUT2D eigenvalue weighted by Gasteiger charge is 2.37. The van der Waals surface area contributed by atoms with Gasteiger partial charge in [0.05, 0.1) is 11.6 Å². The van der Waals surface area contributed by atoms with E-state index in [1.807, 2.05) is 23.7 Å². The first-order valence-corrected chi connectivity index (χ1v) is 7.03. The summed E-state index contributed by atoms with van der Waals surface area (Å²) in [5.74, 6) is 0.978. The number of nitrogens with zero attached hydrogens (tertiary/aromatic N) is 1. The van der Waals surface area contributed by atoms with Crippen molar-refractivity contribution >= 4 is 11.3 Å². The number of ether oxygens (including phenoxy) is 1. The topological polar surface area (TPSA) is 48.1 Å². The fourth-order valence-corrected chi connectivity index (χ4v) is 3.38. The van der Waals surface area contributed by atoms with Crippen molar-refractivity contribution in [1.29, 1.82) is 0 Å². The van der Waals surface area contributed by atoms with Crippen molar-refractivity contribution in [3.8, 4) is 5.75 Å². The minimum absolute atomic E-state index is 0.0211. The van der Waals surface area contributed by atoms with Crippen molar-refractivity contribution in [2.24, 2.45) is 5.73 Å². The highest BCUT2D eigenvalue weighted by Crippen LogP contribution is 2.40. The number of hydrogen-bond acceptors (Lipinski definition) is 4. The monoisotopic (exact) mass is 260 g/mol. The first-order chi connectivity index (χ1) is 8.84. The molecule has 3 rings (SSSR count). The van der Waals surface area contributed by atoms with Crippen LogP contribution in [0.15, 0.2) is 35.8 Å². The Morgan fingerprint density at radius 3 is 3.06 bits per heavy atom. The molecule has 1 unspecified atom stereocenters. The lowest BCUT2D eigenvalue weighted by Gasteiger charge is -2.37. The first-order valence-electron chi connectivity index (χ1n) is 6.15. The average Bonchev–Trinajstić information content (AvgIpc) is 2.92. The summed E-state index contributed by atoms with van der Waals surface area (Å²) in [4.78, 5) is 4.40. The molecular formula is C14H16N2OS. The fraction of sp³-hybridized carbons (Fsp3) is 0.357. The molecule has 2 aromatic rings. The molecule has 2 N–H and O–H groups in total. The van der Waals surface area contributed by atoms with Gasteiger partial charge in [-0.3, -0.25) is 0 Å². The summed E-state index contributed by atoms with van der Waals surface area (Å²) in [6.07, 6.45) is 3.72. The number of benzene rings is 1. The van der Waals surface area contributed by atoms with Crippen molar-refractivity contribution < 1.29 is 4.74 Å². The van der Waals surface area contributed by atoms with E-state index in [-0.39, 0.29) is 5.41 Å². The van der Waals surface area contributed by atoms with Gasteiger partial charge in [0.2, 0.25) is 0 Å². The largest absolute Gasteiger partial charge is 0.493 e. The van der Waals surface area contributed by atoms with E-state index < -0.39 is 0 Å². The molecule has 4 heteroatoms. The lowest BCUT2D eigenvalue weighted by Crippen LogP contribution is -2.41. The third-order valence-corrected chi connectivity index (χ3v) is 4.44. The Kier molecular flexibility index (Phi) is 3.06. The molecule has 1 aromatic carbocycles. The Hall–Kier alpha value is -1.39. The van der Waals surface area contributed by atoms with Crippen LogP contribution in [0.5, 0.6) is 5.75 Å². The fourth-order valence-electron chi connectivity index (χ4n) is 2.62. The number of hydrogen-bond donors (Lipinski definition) is 1. The summed E-state index contributed by atoms with van der Waals surface area (Å²) in [6, 6.07) is 8.23. The van der Waals surface area contributed by atoms with Crippen LogP contribution in [-0.4, -0.2) is 18.1 Å². The van der Waals surface area contributed by atoms with Gasteiger partial charge in [-0.25, -0.2) is 4.98 Å². The maximum Gasteiger partial charge on any atom is 0.123 e. The molecule has 1 aliphatic heterocycles. The molecule has 1 atom stereocenters. The zero-order valence-electron chi connectivity index (χ0n) is 10.1. The molecule has 3 nitrogen and oxygen atoms in total. The Balaban J connectivity index is 2.02. The molecule has 0 aliphatic carbocycles. The standard InChI is InChI=1S/C14H16N2OS/c15-10-14(9-13-16-6-8-18-13)5-7-17-12-4-2-1-3-11(12)14/h1-4,6,8H,5,7,9-10,15H2. The molecule has 0 saturated heterocycles. The Morgan fingerprint density at radius 2 is 2.28 bits per heavy atom. The zero-order valence-corrected chi connectivity index (χ0v) is 11.0. The molecular weight excluding hydrogens is 244 g/mol. The van der Waals surface area contributed by atoms with E-state index >= 15 is 0 Å². The van der Waals surface area contributed by atoms with Crippen LogP contribution in [0.2, 0.25) is 0 Å². The van der Waals surface area contributed by atoms with Gasteiger partial charge >= 0.3 is 0 Å². The van der Waals surface area contributed by atoms with Gasteiger partial charge in [-0.1, -0.05) is 18.2 Å². The van der Waals surface area contributed by atoms with Crippen LogP contribution >= 0.6 is 11.3 Å². The first kappa shape index (κ1) is 11.7. The predicted molar refractivity (Wildman–Crippen MR) is 73.1 cm³/mol. The second-order valence-electron chi connectivity index (χ2n) is 4.68. The predicted octanol–water partition coefficient (Wildman–Crippen LogP) is 2.36. The zero-order chi connectivity index (χ0) is 12.4. The minimum atomic E-state index is -0.0211. The van der Waals surface area contributed by atoms with Gasteiger partial charge in [0.25, 0.3) is 0 Å². The van der Waals surface area contributed by atoms with E-state index in [9.17, 15) is 0 Å². The summed E-state index contributed by atoms with van der Waals surface area (Å²) >= 11 is 1.70. The van der Waals surface area contributed by atoms with Crippen molar-refractivity contribution in [3.63, 3.8) is 0 Å². The van der Waals surface area contributed by atoms with Crippen molar-refractivity contribution in [1.82, 2.24) is 4.98 Å². The molecule has 94 valence electrons. The molecule has 0 saturated carbocycles. The third kappa shape index (κ3) is 1.91. The molecule has 18 heavy (non-hydrogen) atoms. The van der Waals surface area contributed by atoms with Gasteiger partial charge in [-0.2, -0.15) is 0 Å². The Bertz CT molecular complexity index is 526. The number of para-hydroxylation sites is 1. The van der Waals surface area contributed by atoms with Crippen LogP contribution in [0.3, 0.4) is 0 Å². The maximum atomic E-state index is 6.09. The molecule has 0 spiro atoms. The third-order valence-electron chi connectivity index (χ3n) is 3.66. The molecule has 0 radical (unpaired) electrons. The number of nitrogens with two attached hydrogens (primary N) is 1. The van der Waals surface area contributed by atoms with Crippen molar-refractivity contribution in [3.05, 3.63) is 46.4 Å². The highest BCUT2D eigenvalue weighted by molar-refractivity contribution is 7.09. The van der Waals surface area contributed by atoms with E-state index in [2.05, 4.69) is 17.1 Å². The summed E-state index contributed by atoms with van der Waals surface area (Å²) in [7, 11) is 0. The van der Waals surface area contributed by atoms with Gasteiger partial charge in [0, 0.05) is 35.5 Å². The number of aromatic nitrogens is 1. The normalized spacial score (nSPS) is 22.3. The number of thiazole rings is 1. The van der Waals surface area contributed by atoms with Crippen LogP contribution < -0.4 is 10.5 Å². The van der Waals surface area contributed by atoms with Crippen LogP contribution in [0.4, 0.5) is 0 Å². The van der Waals surface area contributed by atoms with Crippen LogP contribution in [0.25, 0.3) is 0 Å². The maximum absolute atomic E-state index is 6.09. The molecule has 0 amide bonds. The molecule has 2 heterocycles. The summed E-state index contributed by atoms with van der Waals surface area (Å²) in [5.41, 5.74) is 7.30. The summed E-state index contributed by atoms with van der Waals surface area (Å²) < 4.78 is 5.73. The Morgan fingerprint density at radius 1 is 1.39 bits per heavy atom. The summed E-state index contributed by atoms with van der Waals surface area (Å²) in [6.45, 7) is 1.37. The second kappa shape index (κ2) is 4.71. The van der Waals surface area contributed by atoms with Gasteiger partial charge in [-0.05, 0) is 12.5 Å². The quantitative estimate of drug-likeness (QED) is 0.921. The van der Waals surface area contributed by atoms with Crippen LogP contribution in [-0.2, 0) is 11.8 Å². The minimum Gasteiger partial charge on any atom is -0.493 e. The van der Waals surface area contributed by atoms with Crippen molar-refractivity contribution in [2.75, 3.05) is 13.2 Å². The van der Waals surface area contributed by atoms with Crippen LogP contribution in [0.1, 0.15) is 17.0 Å². The highest BCUT2D eigenvalue weighted by atomic mass is 32.1. The van der Waals surface area contributed by atoms with E-state index in [1.54, 1.807) is 11.3 Å². The van der Waals surface area contributed by atoms with E-state index in [0.717, 1.165) is 30.2 Å². The Labute approximate surface area is 111 Å². The lowest BCUT2D eigenvalue weighted by atomic mass is 9.73. The van der Waals surface area contributed by atoms with Crippen molar-refractivity contribution in [2.45, 2.75) is 18.3 Å². The van der Waals surface area contributed by atoms with Gasteiger partial charge < -0.3 is 10.5 Å². The molecule has 1 aliphatic rings. The smallest absolute Gasteiger partial charge is 0.123 e. The number of fused-ring (bicyclic) bond motifs is 1. The molecule has 0 bridgehead atoms. The average molecular weight is 260 g/mol. The van der Waals surface area contributed by atoms with Gasteiger partial charge in [0.15, 0.2) is 0 Å². The van der Waals surface area contributed by atoms with E-state index in [4.69, 9.17) is 10.5 Å². The number of rotatable bonds is 3. The second-order valence-corrected chi connectivity index (χ2v) is 5.66. The van der Waals surface area contributed by atoms with E-state index in [0.29, 0.717) is 6.54 Å². The summed E-state index contributed by atoms with van der Waals surface area (Å²) in [5, 5.41) is 3.17. The molecule has 0 fully saturated rings. The van der Waals surface area contributed by atoms with Gasteiger partial charge in [0.1, 0.15) is 5.75 Å². The van der Waals surface area contributed by atoms with Gasteiger partial charge in [-0.15, -0.1) is 11.3 Å². The molecule has 1 aromatic heterocycles. The lowest BCUT2D eigenvalue weighted by molar-refractivity contribution is 0.215. The van der Waals surface area contributed by atoms with E-state index in [1.165, 1.54) is 5.56 Å². The SMILES string of the molecule is NCC1(Cc2nccs2)CCOc2ccccc21. The van der Waals surface area contributed by atoms with Crippen LogP contribution in [0, 0.1) is 0 Å².